The lowest BCUT2D eigenvalue weighted by atomic mass is 10.0. The van der Waals surface area contributed by atoms with Crippen molar-refractivity contribution in [3.05, 3.63) is 29.8 Å². The molecule has 10 N–H and O–H groups in total. The van der Waals surface area contributed by atoms with Crippen molar-refractivity contribution in [2.75, 3.05) is 18.6 Å². The largest absolute Gasteiger partial charge is 0.508 e. The molecule has 0 heterocycles. The number of aliphatic carboxylic acids is 1. The zero-order chi connectivity index (χ0) is 24.1. The molecular weight excluding hydrogens is 436 g/mol. The average Bonchev–Trinajstić information content (AvgIpc) is 2.74. The molecule has 0 fully saturated rings. The zero-order valence-corrected chi connectivity index (χ0v) is 18.8. The third-order valence-corrected chi connectivity index (χ3v) is 5.18. The van der Waals surface area contributed by atoms with Gasteiger partial charge in [-0.2, -0.15) is 11.8 Å². The number of thioether (sulfide) groups is 1. The Morgan fingerprint density at radius 2 is 1.69 bits per heavy atom. The summed E-state index contributed by atoms with van der Waals surface area (Å²) in [4.78, 5) is 40.7. The van der Waals surface area contributed by atoms with Gasteiger partial charge in [-0.1, -0.05) is 12.1 Å². The molecule has 32 heavy (non-hydrogen) atoms. The van der Waals surface area contributed by atoms with Crippen LogP contribution in [0.1, 0.15) is 24.8 Å². The van der Waals surface area contributed by atoms with Crippen LogP contribution in [-0.4, -0.2) is 70.6 Å². The van der Waals surface area contributed by atoms with Gasteiger partial charge in [0.25, 0.3) is 0 Å². The maximum atomic E-state index is 12.8. The van der Waals surface area contributed by atoms with Gasteiger partial charge in [-0.15, -0.1) is 0 Å². The first-order valence-corrected chi connectivity index (χ1v) is 11.4. The summed E-state index contributed by atoms with van der Waals surface area (Å²) in [5, 5.41) is 23.8. The SMILES string of the molecule is CSCC[C@H](NC(=O)[C@H](CCCN=C(N)N)NC(=O)[C@@H](N)Cc1ccc(O)cc1)C(=O)O. The number of nitrogens with one attached hydrogen (secondary N) is 2. The molecule has 1 rings (SSSR count). The molecule has 0 aliphatic rings. The quantitative estimate of drug-likeness (QED) is 0.103. The van der Waals surface area contributed by atoms with Crippen LogP contribution in [-0.2, 0) is 20.8 Å². The van der Waals surface area contributed by atoms with E-state index in [-0.39, 0.29) is 37.5 Å². The minimum atomic E-state index is -1.15. The molecule has 11 nitrogen and oxygen atoms in total. The number of phenols is 1. The van der Waals surface area contributed by atoms with Crippen LogP contribution < -0.4 is 27.8 Å². The Hall–Kier alpha value is -2.99. The molecule has 0 unspecified atom stereocenters. The first-order chi connectivity index (χ1) is 15.1. The normalized spacial score (nSPS) is 13.4. The summed E-state index contributed by atoms with van der Waals surface area (Å²) in [5.74, 6) is -1.77. The molecule has 1 aromatic carbocycles. The zero-order valence-electron chi connectivity index (χ0n) is 18.0. The van der Waals surface area contributed by atoms with E-state index in [9.17, 15) is 24.6 Å². The van der Waals surface area contributed by atoms with Gasteiger partial charge < -0.3 is 38.0 Å². The lowest BCUT2D eigenvalue weighted by Crippen LogP contribution is -2.54. The highest BCUT2D eigenvalue weighted by atomic mass is 32.2. The molecular formula is C20H32N6O5S. The van der Waals surface area contributed by atoms with E-state index in [1.165, 1.54) is 23.9 Å². The summed E-state index contributed by atoms with van der Waals surface area (Å²) < 4.78 is 0. The van der Waals surface area contributed by atoms with E-state index in [1.54, 1.807) is 12.1 Å². The Bertz CT molecular complexity index is 785. The number of guanidine groups is 1. The van der Waals surface area contributed by atoms with Gasteiger partial charge in [-0.3, -0.25) is 14.6 Å². The van der Waals surface area contributed by atoms with Gasteiger partial charge in [0.15, 0.2) is 5.96 Å². The van der Waals surface area contributed by atoms with Gasteiger partial charge >= 0.3 is 5.97 Å². The van der Waals surface area contributed by atoms with E-state index in [0.717, 1.165) is 5.56 Å². The number of carbonyl (C=O) groups is 3. The second-order valence-electron chi connectivity index (χ2n) is 7.17. The van der Waals surface area contributed by atoms with E-state index >= 15 is 0 Å². The predicted molar refractivity (Wildman–Crippen MR) is 124 cm³/mol. The van der Waals surface area contributed by atoms with E-state index in [4.69, 9.17) is 17.2 Å². The number of nitrogens with two attached hydrogens (primary N) is 3. The molecule has 3 atom stereocenters. The van der Waals surface area contributed by atoms with Crippen LogP contribution >= 0.6 is 11.8 Å². The topological polar surface area (TPSA) is 206 Å². The van der Waals surface area contributed by atoms with Gasteiger partial charge in [-0.25, -0.2) is 4.79 Å². The smallest absolute Gasteiger partial charge is 0.326 e. The number of rotatable bonds is 14. The number of carboxylic acids is 1. The van der Waals surface area contributed by atoms with E-state index in [0.29, 0.717) is 12.2 Å². The fourth-order valence-corrected chi connectivity index (χ4v) is 3.27. The van der Waals surface area contributed by atoms with E-state index in [2.05, 4.69) is 15.6 Å². The summed E-state index contributed by atoms with van der Waals surface area (Å²) in [6.07, 6.45) is 2.85. The minimum absolute atomic E-state index is 0.0889. The van der Waals surface area contributed by atoms with Crippen molar-refractivity contribution in [2.24, 2.45) is 22.2 Å². The van der Waals surface area contributed by atoms with Crippen LogP contribution in [0.25, 0.3) is 0 Å². The Kier molecular flexibility index (Phi) is 12.0. The lowest BCUT2D eigenvalue weighted by Gasteiger charge is -2.23. The maximum Gasteiger partial charge on any atom is 0.326 e. The van der Waals surface area contributed by atoms with Crippen LogP contribution in [0.2, 0.25) is 0 Å². The number of phenolic OH excluding ortho intramolecular Hbond substituents is 1. The fraction of sp³-hybridized carbons (Fsp3) is 0.500. The van der Waals surface area contributed by atoms with Crippen LogP contribution in [0, 0.1) is 0 Å². The van der Waals surface area contributed by atoms with Crippen LogP contribution in [0.4, 0.5) is 0 Å². The van der Waals surface area contributed by atoms with Gasteiger partial charge in [0.2, 0.25) is 11.8 Å². The minimum Gasteiger partial charge on any atom is -0.508 e. The highest BCUT2D eigenvalue weighted by molar-refractivity contribution is 7.98. The van der Waals surface area contributed by atoms with Gasteiger partial charge in [-0.05, 0) is 55.4 Å². The number of aliphatic imine (C=N–C) groups is 1. The second kappa shape index (κ2) is 14.1. The van der Waals surface area contributed by atoms with Crippen molar-refractivity contribution in [2.45, 2.75) is 43.8 Å². The highest BCUT2D eigenvalue weighted by Crippen LogP contribution is 2.11. The molecule has 0 aliphatic carbocycles. The lowest BCUT2D eigenvalue weighted by molar-refractivity contribution is -0.142. The molecule has 1 aromatic rings. The van der Waals surface area contributed by atoms with Gasteiger partial charge in [0, 0.05) is 6.54 Å². The molecule has 178 valence electrons. The number of hydrogen-bond acceptors (Lipinski definition) is 7. The monoisotopic (exact) mass is 468 g/mol. The van der Waals surface area contributed by atoms with E-state index in [1.807, 2.05) is 6.26 Å². The Morgan fingerprint density at radius 3 is 2.25 bits per heavy atom. The van der Waals surface area contributed by atoms with Crippen molar-refractivity contribution in [1.82, 2.24) is 10.6 Å². The molecule has 0 spiro atoms. The second-order valence-corrected chi connectivity index (χ2v) is 8.15. The fourth-order valence-electron chi connectivity index (χ4n) is 2.80. The number of benzene rings is 1. The molecule has 0 saturated heterocycles. The summed E-state index contributed by atoms with van der Waals surface area (Å²) in [6.45, 7) is 0.246. The summed E-state index contributed by atoms with van der Waals surface area (Å²) in [6, 6.07) is 3.24. The molecule has 0 bridgehead atoms. The van der Waals surface area contributed by atoms with Gasteiger partial charge in [0.05, 0.1) is 6.04 Å². The summed E-state index contributed by atoms with van der Waals surface area (Å²) >= 11 is 1.46. The molecule has 0 aliphatic heterocycles. The van der Waals surface area contributed by atoms with Crippen LogP contribution in [0.15, 0.2) is 29.3 Å². The standard InChI is InChI=1S/C20H32N6O5S/c1-32-10-8-16(19(30)31)26-18(29)15(3-2-9-24-20(22)23)25-17(28)14(21)11-12-4-6-13(27)7-5-12/h4-7,14-16,27H,2-3,8-11,21H2,1H3,(H,25,28)(H,26,29)(H,30,31)(H4,22,23,24)/t14-,15-,16-/m0/s1. The Labute approximate surface area is 191 Å². The molecule has 0 aromatic heterocycles. The van der Waals surface area contributed by atoms with Crippen LogP contribution in [0.5, 0.6) is 5.75 Å². The van der Waals surface area contributed by atoms with Crippen molar-refractivity contribution in [3.8, 4) is 5.75 Å². The van der Waals surface area contributed by atoms with Crippen molar-refractivity contribution in [3.63, 3.8) is 0 Å². The number of carboxylic acid groups (broad SMARTS) is 1. The third-order valence-electron chi connectivity index (χ3n) is 4.53. The maximum absolute atomic E-state index is 12.8. The van der Waals surface area contributed by atoms with Crippen molar-refractivity contribution >= 4 is 35.5 Å². The van der Waals surface area contributed by atoms with E-state index < -0.39 is 35.9 Å². The summed E-state index contributed by atoms with van der Waals surface area (Å²) in [5.41, 5.74) is 17.3. The number of hydrogen-bond donors (Lipinski definition) is 7. The van der Waals surface area contributed by atoms with Crippen molar-refractivity contribution in [1.29, 1.82) is 0 Å². The number of amides is 2. The Balaban J connectivity index is 2.82. The highest BCUT2D eigenvalue weighted by Gasteiger charge is 2.27. The number of carbonyl (C=O) groups excluding carboxylic acids is 2. The molecule has 2 amide bonds. The third kappa shape index (κ3) is 10.4. The first-order valence-electron chi connectivity index (χ1n) is 10.1. The first kappa shape index (κ1) is 27.0. The van der Waals surface area contributed by atoms with Crippen molar-refractivity contribution < 1.29 is 24.6 Å². The molecule has 12 heteroatoms. The predicted octanol–water partition coefficient (Wildman–Crippen LogP) is -0.877. The number of aromatic hydroxyl groups is 1. The number of nitrogens with zero attached hydrogens (tertiary/aromatic N) is 1. The Morgan fingerprint density at radius 1 is 1.06 bits per heavy atom. The molecule has 0 saturated carbocycles. The van der Waals surface area contributed by atoms with Crippen LogP contribution in [0.3, 0.4) is 0 Å². The molecule has 0 radical (unpaired) electrons. The average molecular weight is 469 g/mol. The summed E-state index contributed by atoms with van der Waals surface area (Å²) in [7, 11) is 0. The van der Waals surface area contributed by atoms with Gasteiger partial charge in [0.1, 0.15) is 17.8 Å².